The van der Waals surface area contributed by atoms with Crippen molar-refractivity contribution < 1.29 is 9.59 Å². The van der Waals surface area contributed by atoms with Crippen LogP contribution in [-0.4, -0.2) is 22.7 Å². The molecule has 0 aliphatic carbocycles. The second-order valence-electron chi connectivity index (χ2n) is 5.35. The Hall–Kier alpha value is -2.69. The van der Waals surface area contributed by atoms with Crippen LogP contribution in [0.25, 0.3) is 0 Å². The molecule has 0 fully saturated rings. The van der Waals surface area contributed by atoms with E-state index in [2.05, 4.69) is 15.6 Å². The van der Waals surface area contributed by atoms with Crippen LogP contribution in [0, 0.1) is 0 Å². The van der Waals surface area contributed by atoms with Crippen molar-refractivity contribution in [2.45, 2.75) is 26.8 Å². The van der Waals surface area contributed by atoms with Gasteiger partial charge in [0.1, 0.15) is 0 Å². The quantitative estimate of drug-likeness (QED) is 0.830. The molecule has 0 spiro atoms. The lowest BCUT2D eigenvalue weighted by Crippen LogP contribution is -2.14. The highest BCUT2D eigenvalue weighted by molar-refractivity contribution is 6.05. The summed E-state index contributed by atoms with van der Waals surface area (Å²) in [6, 6.07) is 8.86. The van der Waals surface area contributed by atoms with Crippen molar-refractivity contribution in [3.63, 3.8) is 0 Å². The van der Waals surface area contributed by atoms with Crippen LogP contribution in [0.1, 0.15) is 41.5 Å². The molecule has 0 radical (unpaired) electrons. The van der Waals surface area contributed by atoms with E-state index in [4.69, 9.17) is 0 Å². The molecule has 1 aromatic carbocycles. The van der Waals surface area contributed by atoms with E-state index in [1.54, 1.807) is 36.5 Å². The number of amides is 1. The van der Waals surface area contributed by atoms with Gasteiger partial charge in [0.05, 0.1) is 11.3 Å². The summed E-state index contributed by atoms with van der Waals surface area (Å²) in [5.41, 5.74) is 2.39. The maximum Gasteiger partial charge on any atom is 0.257 e. The number of hydrogen-bond donors (Lipinski definition) is 2. The molecular weight excluding hydrogens is 278 g/mol. The lowest BCUT2D eigenvalue weighted by Gasteiger charge is -2.11. The van der Waals surface area contributed by atoms with E-state index < -0.39 is 0 Å². The first kappa shape index (κ1) is 15.7. The molecule has 0 saturated heterocycles. The van der Waals surface area contributed by atoms with Gasteiger partial charge in [-0.25, -0.2) is 0 Å². The Kier molecular flexibility index (Phi) is 4.88. The first-order valence-electron chi connectivity index (χ1n) is 7.09. The summed E-state index contributed by atoms with van der Waals surface area (Å²) in [5, 5.41) is 5.98. The number of ketones is 1. The Morgan fingerprint density at radius 1 is 1.05 bits per heavy atom. The summed E-state index contributed by atoms with van der Waals surface area (Å²) >= 11 is 0. The third-order valence-electron chi connectivity index (χ3n) is 2.98. The second kappa shape index (κ2) is 6.85. The van der Waals surface area contributed by atoms with Gasteiger partial charge in [-0.15, -0.1) is 0 Å². The minimum atomic E-state index is -0.263. The topological polar surface area (TPSA) is 71.1 Å². The summed E-state index contributed by atoms with van der Waals surface area (Å²) in [6.45, 7) is 5.52. The van der Waals surface area contributed by atoms with Crippen LogP contribution in [0.4, 0.5) is 11.4 Å². The fourth-order valence-corrected chi connectivity index (χ4v) is 2.00. The number of nitrogens with zero attached hydrogens (tertiary/aromatic N) is 1. The number of aromatic nitrogens is 1. The molecule has 2 aromatic rings. The van der Waals surface area contributed by atoms with Gasteiger partial charge in [0, 0.05) is 29.7 Å². The standard InChI is InChI=1S/C17H19N3O2/c1-11(2)19-16-8-14(9-18-10-16)17(22)20-15-6-4-5-13(7-15)12(3)21/h4-11,19H,1-3H3,(H,20,22). The van der Waals surface area contributed by atoms with Gasteiger partial charge in [-0.2, -0.15) is 0 Å². The van der Waals surface area contributed by atoms with Crippen molar-refractivity contribution in [1.29, 1.82) is 0 Å². The van der Waals surface area contributed by atoms with Crippen LogP contribution in [0.5, 0.6) is 0 Å². The van der Waals surface area contributed by atoms with Gasteiger partial charge in [0.15, 0.2) is 5.78 Å². The van der Waals surface area contributed by atoms with Gasteiger partial charge in [0.25, 0.3) is 5.91 Å². The van der Waals surface area contributed by atoms with Crippen molar-refractivity contribution in [1.82, 2.24) is 4.98 Å². The van der Waals surface area contributed by atoms with E-state index in [0.29, 0.717) is 16.8 Å². The van der Waals surface area contributed by atoms with Crippen molar-refractivity contribution in [3.8, 4) is 0 Å². The maximum absolute atomic E-state index is 12.3. The molecule has 2 rings (SSSR count). The Bertz CT molecular complexity index is 696. The molecule has 5 nitrogen and oxygen atoms in total. The van der Waals surface area contributed by atoms with E-state index in [-0.39, 0.29) is 17.7 Å². The van der Waals surface area contributed by atoms with Gasteiger partial charge in [0.2, 0.25) is 0 Å². The van der Waals surface area contributed by atoms with Gasteiger partial charge in [-0.3, -0.25) is 14.6 Å². The molecule has 0 aliphatic heterocycles. The Morgan fingerprint density at radius 3 is 2.45 bits per heavy atom. The highest BCUT2D eigenvalue weighted by atomic mass is 16.1. The van der Waals surface area contributed by atoms with Crippen LogP contribution in [-0.2, 0) is 0 Å². The van der Waals surface area contributed by atoms with E-state index in [1.165, 1.54) is 13.1 Å². The minimum absolute atomic E-state index is 0.0408. The fourth-order valence-electron chi connectivity index (χ4n) is 2.00. The van der Waals surface area contributed by atoms with Crippen LogP contribution < -0.4 is 10.6 Å². The third kappa shape index (κ3) is 4.15. The molecule has 1 amide bonds. The lowest BCUT2D eigenvalue weighted by atomic mass is 10.1. The second-order valence-corrected chi connectivity index (χ2v) is 5.35. The van der Waals surface area contributed by atoms with Gasteiger partial charge < -0.3 is 10.6 Å². The molecule has 0 aliphatic rings. The van der Waals surface area contributed by atoms with Crippen LogP contribution >= 0.6 is 0 Å². The van der Waals surface area contributed by atoms with Gasteiger partial charge in [-0.05, 0) is 39.0 Å². The smallest absolute Gasteiger partial charge is 0.257 e. The molecular formula is C17H19N3O2. The number of pyridine rings is 1. The summed E-state index contributed by atoms with van der Waals surface area (Å²) < 4.78 is 0. The molecule has 22 heavy (non-hydrogen) atoms. The molecule has 0 saturated carbocycles. The first-order chi connectivity index (χ1) is 10.5. The molecule has 2 N–H and O–H groups in total. The average molecular weight is 297 g/mol. The fraction of sp³-hybridized carbons (Fsp3) is 0.235. The monoisotopic (exact) mass is 297 g/mol. The number of hydrogen-bond acceptors (Lipinski definition) is 4. The molecule has 114 valence electrons. The zero-order chi connectivity index (χ0) is 16.1. The number of anilines is 2. The average Bonchev–Trinajstić information content (AvgIpc) is 2.47. The van der Waals surface area contributed by atoms with E-state index in [1.807, 2.05) is 13.8 Å². The predicted molar refractivity (Wildman–Crippen MR) is 87.4 cm³/mol. The summed E-state index contributed by atoms with van der Waals surface area (Å²) in [5.74, 6) is -0.304. The zero-order valence-corrected chi connectivity index (χ0v) is 12.9. The Morgan fingerprint density at radius 2 is 1.77 bits per heavy atom. The van der Waals surface area contributed by atoms with Crippen molar-refractivity contribution in [2.75, 3.05) is 10.6 Å². The summed E-state index contributed by atoms with van der Waals surface area (Å²) in [6.07, 6.45) is 3.18. The maximum atomic E-state index is 12.3. The minimum Gasteiger partial charge on any atom is -0.382 e. The molecule has 0 atom stereocenters. The SMILES string of the molecule is CC(=O)c1cccc(NC(=O)c2cncc(NC(C)C)c2)c1. The molecule has 0 bridgehead atoms. The number of Topliss-reactive ketones (excluding diaryl/α,β-unsaturated/α-hetero) is 1. The zero-order valence-electron chi connectivity index (χ0n) is 12.9. The van der Waals surface area contributed by atoms with E-state index >= 15 is 0 Å². The van der Waals surface area contributed by atoms with Crippen molar-refractivity contribution in [3.05, 3.63) is 53.9 Å². The van der Waals surface area contributed by atoms with Crippen LogP contribution in [0.15, 0.2) is 42.7 Å². The van der Waals surface area contributed by atoms with Crippen molar-refractivity contribution >= 4 is 23.1 Å². The molecule has 1 heterocycles. The van der Waals surface area contributed by atoms with Crippen LogP contribution in [0.3, 0.4) is 0 Å². The summed E-state index contributed by atoms with van der Waals surface area (Å²) in [4.78, 5) is 27.7. The molecule has 5 heteroatoms. The van der Waals surface area contributed by atoms with Crippen molar-refractivity contribution in [2.24, 2.45) is 0 Å². The lowest BCUT2D eigenvalue weighted by molar-refractivity contribution is 0.101. The van der Waals surface area contributed by atoms with E-state index in [9.17, 15) is 9.59 Å². The number of rotatable bonds is 5. The number of benzene rings is 1. The highest BCUT2D eigenvalue weighted by Gasteiger charge is 2.09. The Balaban J connectivity index is 2.15. The van der Waals surface area contributed by atoms with Gasteiger partial charge >= 0.3 is 0 Å². The summed E-state index contributed by atoms with van der Waals surface area (Å²) in [7, 11) is 0. The first-order valence-corrected chi connectivity index (χ1v) is 7.09. The third-order valence-corrected chi connectivity index (χ3v) is 2.98. The number of nitrogens with one attached hydrogen (secondary N) is 2. The highest BCUT2D eigenvalue weighted by Crippen LogP contribution is 2.14. The molecule has 1 aromatic heterocycles. The number of carbonyl (C=O) groups excluding carboxylic acids is 2. The van der Waals surface area contributed by atoms with Gasteiger partial charge in [-0.1, -0.05) is 12.1 Å². The normalized spacial score (nSPS) is 10.4. The predicted octanol–water partition coefficient (Wildman–Crippen LogP) is 3.36. The molecule has 0 unspecified atom stereocenters. The number of carbonyl (C=O) groups is 2. The largest absolute Gasteiger partial charge is 0.382 e. The van der Waals surface area contributed by atoms with Crippen LogP contribution in [0.2, 0.25) is 0 Å². The Labute approximate surface area is 129 Å². The van der Waals surface area contributed by atoms with E-state index in [0.717, 1.165) is 5.69 Å².